The molecule has 0 aromatic carbocycles. The fourth-order valence-electron chi connectivity index (χ4n) is 6.02. The van der Waals surface area contributed by atoms with Crippen molar-refractivity contribution in [3.63, 3.8) is 0 Å². The van der Waals surface area contributed by atoms with Gasteiger partial charge >= 0.3 is 0 Å². The molecule has 0 radical (unpaired) electrons. The number of aliphatic hydroxyl groups is 1. The van der Waals surface area contributed by atoms with Crippen molar-refractivity contribution < 1.29 is 9.84 Å². The SMILES string of the molecule is COC1CCC(C2CNC(NC3CCC(CN4CCC(O)C4)CC3)NC2)CC1. The number of β-amino-alcohol motifs (C(OH)–C–C–N with tert-alkyl or cyclic N) is 1. The Morgan fingerprint density at radius 1 is 0.929 bits per heavy atom. The average molecular weight is 395 g/mol. The third-order valence-electron chi connectivity index (χ3n) is 7.90. The largest absolute Gasteiger partial charge is 0.392 e. The summed E-state index contributed by atoms with van der Waals surface area (Å²) < 4.78 is 5.52. The summed E-state index contributed by atoms with van der Waals surface area (Å²) in [6, 6.07) is 0.638. The minimum atomic E-state index is -0.0831. The second-order valence-corrected chi connectivity index (χ2v) is 9.87. The van der Waals surface area contributed by atoms with E-state index in [0.717, 1.165) is 50.4 Å². The van der Waals surface area contributed by atoms with E-state index >= 15 is 0 Å². The van der Waals surface area contributed by atoms with Crippen LogP contribution in [0.3, 0.4) is 0 Å². The Bertz CT molecular complexity index is 455. The van der Waals surface area contributed by atoms with Gasteiger partial charge in [0, 0.05) is 45.9 Å². The zero-order valence-corrected chi connectivity index (χ0v) is 17.7. The number of hydrogen-bond donors (Lipinski definition) is 4. The van der Waals surface area contributed by atoms with Gasteiger partial charge < -0.3 is 14.7 Å². The first-order valence-electron chi connectivity index (χ1n) is 11.9. The topological polar surface area (TPSA) is 68.8 Å². The van der Waals surface area contributed by atoms with E-state index in [0.29, 0.717) is 12.1 Å². The number of nitrogens with zero attached hydrogens (tertiary/aromatic N) is 1. The second-order valence-electron chi connectivity index (χ2n) is 9.87. The second kappa shape index (κ2) is 10.2. The first kappa shape index (κ1) is 21.0. The molecule has 4 rings (SSSR count). The molecule has 0 amide bonds. The standard InChI is InChI=1S/C22H42N4O2/c1-28-21-8-4-17(5-9-21)18-12-23-22(24-13-18)25-19-6-2-16(3-7-19)14-26-11-10-20(27)15-26/h16-25,27H,2-15H2,1H3. The molecule has 4 aliphatic rings. The van der Waals surface area contributed by atoms with E-state index in [1.54, 1.807) is 0 Å². The van der Waals surface area contributed by atoms with Crippen molar-refractivity contribution in [1.29, 1.82) is 0 Å². The summed E-state index contributed by atoms with van der Waals surface area (Å²) in [6.45, 7) is 5.45. The number of methoxy groups -OCH3 is 1. The Balaban J connectivity index is 1.11. The summed E-state index contributed by atoms with van der Waals surface area (Å²) in [5, 5.41) is 21.0. The van der Waals surface area contributed by atoms with Crippen LogP contribution in [-0.4, -0.2) is 74.4 Å². The lowest BCUT2D eigenvalue weighted by atomic mass is 9.78. The number of nitrogens with one attached hydrogen (secondary N) is 3. The van der Waals surface area contributed by atoms with E-state index in [1.807, 2.05) is 7.11 Å². The minimum Gasteiger partial charge on any atom is -0.392 e. The normalized spacial score (nSPS) is 43.3. The molecule has 28 heavy (non-hydrogen) atoms. The third kappa shape index (κ3) is 5.67. The van der Waals surface area contributed by atoms with Crippen molar-refractivity contribution in [2.24, 2.45) is 17.8 Å². The molecule has 2 saturated heterocycles. The molecule has 162 valence electrons. The number of aliphatic hydroxyl groups excluding tert-OH is 1. The van der Waals surface area contributed by atoms with Crippen LogP contribution in [0.2, 0.25) is 0 Å². The van der Waals surface area contributed by atoms with Crippen LogP contribution in [0.25, 0.3) is 0 Å². The van der Waals surface area contributed by atoms with Crippen molar-refractivity contribution >= 4 is 0 Å². The Morgan fingerprint density at radius 2 is 1.64 bits per heavy atom. The van der Waals surface area contributed by atoms with Gasteiger partial charge in [0.25, 0.3) is 0 Å². The molecule has 2 aliphatic heterocycles. The van der Waals surface area contributed by atoms with Crippen LogP contribution < -0.4 is 16.0 Å². The molecular weight excluding hydrogens is 352 g/mol. The number of rotatable bonds is 6. The molecular formula is C22H42N4O2. The van der Waals surface area contributed by atoms with Gasteiger partial charge in [0.05, 0.1) is 12.2 Å². The Morgan fingerprint density at radius 3 is 2.25 bits per heavy atom. The summed E-state index contributed by atoms with van der Waals surface area (Å²) >= 11 is 0. The molecule has 6 nitrogen and oxygen atoms in total. The Labute approximate surface area is 171 Å². The Kier molecular flexibility index (Phi) is 7.64. The van der Waals surface area contributed by atoms with E-state index in [9.17, 15) is 5.11 Å². The molecule has 4 N–H and O–H groups in total. The fourth-order valence-corrected chi connectivity index (χ4v) is 6.02. The van der Waals surface area contributed by atoms with Gasteiger partial charge in [-0.2, -0.15) is 0 Å². The molecule has 6 heteroatoms. The smallest absolute Gasteiger partial charge is 0.112 e. The van der Waals surface area contributed by atoms with Gasteiger partial charge in [-0.25, -0.2) is 0 Å². The highest BCUT2D eigenvalue weighted by Crippen LogP contribution is 2.32. The van der Waals surface area contributed by atoms with Crippen LogP contribution in [0.1, 0.15) is 57.8 Å². The number of ether oxygens (including phenoxy) is 1. The maximum absolute atomic E-state index is 9.71. The number of hydrogen-bond acceptors (Lipinski definition) is 6. The van der Waals surface area contributed by atoms with Gasteiger partial charge in [0.1, 0.15) is 6.29 Å². The maximum atomic E-state index is 9.71. The van der Waals surface area contributed by atoms with E-state index in [-0.39, 0.29) is 12.4 Å². The van der Waals surface area contributed by atoms with Crippen LogP contribution in [0.15, 0.2) is 0 Å². The third-order valence-corrected chi connectivity index (χ3v) is 7.90. The van der Waals surface area contributed by atoms with E-state index in [2.05, 4.69) is 20.9 Å². The summed E-state index contributed by atoms with van der Waals surface area (Å²) in [6.07, 6.45) is 12.0. The number of likely N-dealkylation sites (tertiary alicyclic amines) is 1. The van der Waals surface area contributed by atoms with Crippen molar-refractivity contribution in [2.45, 2.75) is 82.3 Å². The van der Waals surface area contributed by atoms with Gasteiger partial charge in [-0.3, -0.25) is 16.0 Å². The molecule has 0 bridgehead atoms. The highest BCUT2D eigenvalue weighted by Gasteiger charge is 2.32. The first-order valence-corrected chi connectivity index (χ1v) is 11.9. The molecule has 0 aromatic heterocycles. The molecule has 1 atom stereocenters. The van der Waals surface area contributed by atoms with Crippen LogP contribution >= 0.6 is 0 Å². The minimum absolute atomic E-state index is 0.0831. The van der Waals surface area contributed by atoms with Crippen molar-refractivity contribution in [3.05, 3.63) is 0 Å². The van der Waals surface area contributed by atoms with E-state index < -0.39 is 0 Å². The van der Waals surface area contributed by atoms with Crippen molar-refractivity contribution in [3.8, 4) is 0 Å². The zero-order chi connectivity index (χ0) is 19.3. The summed E-state index contributed by atoms with van der Waals surface area (Å²) in [4.78, 5) is 2.47. The molecule has 1 unspecified atom stereocenters. The van der Waals surface area contributed by atoms with Crippen LogP contribution in [0.4, 0.5) is 0 Å². The van der Waals surface area contributed by atoms with Crippen LogP contribution in [0, 0.1) is 17.8 Å². The molecule has 2 aliphatic carbocycles. The van der Waals surface area contributed by atoms with Gasteiger partial charge in [-0.05, 0) is 75.5 Å². The first-order chi connectivity index (χ1) is 13.7. The summed E-state index contributed by atoms with van der Waals surface area (Å²) in [7, 11) is 1.86. The average Bonchev–Trinajstić information content (AvgIpc) is 3.15. The van der Waals surface area contributed by atoms with E-state index in [4.69, 9.17) is 4.74 Å². The fraction of sp³-hybridized carbons (Fsp3) is 1.00. The highest BCUT2D eigenvalue weighted by molar-refractivity contribution is 4.87. The molecule has 4 fully saturated rings. The molecule has 2 saturated carbocycles. The van der Waals surface area contributed by atoms with Crippen molar-refractivity contribution in [2.75, 3.05) is 39.8 Å². The molecule has 2 heterocycles. The van der Waals surface area contributed by atoms with Gasteiger partial charge in [0.15, 0.2) is 0 Å². The maximum Gasteiger partial charge on any atom is 0.112 e. The van der Waals surface area contributed by atoms with Gasteiger partial charge in [-0.1, -0.05) is 0 Å². The molecule has 0 aromatic rings. The lowest BCUT2D eigenvalue weighted by molar-refractivity contribution is 0.0413. The summed E-state index contributed by atoms with van der Waals surface area (Å²) in [5.74, 6) is 2.44. The quantitative estimate of drug-likeness (QED) is 0.547. The van der Waals surface area contributed by atoms with E-state index in [1.165, 1.54) is 57.9 Å². The predicted molar refractivity (Wildman–Crippen MR) is 112 cm³/mol. The van der Waals surface area contributed by atoms with Crippen LogP contribution in [0.5, 0.6) is 0 Å². The lowest BCUT2D eigenvalue weighted by Gasteiger charge is -2.40. The monoisotopic (exact) mass is 394 g/mol. The van der Waals surface area contributed by atoms with Gasteiger partial charge in [0.2, 0.25) is 0 Å². The zero-order valence-electron chi connectivity index (χ0n) is 17.7. The van der Waals surface area contributed by atoms with Gasteiger partial charge in [-0.15, -0.1) is 0 Å². The lowest BCUT2D eigenvalue weighted by Crippen LogP contribution is -2.63. The van der Waals surface area contributed by atoms with Crippen LogP contribution in [-0.2, 0) is 4.74 Å². The van der Waals surface area contributed by atoms with Crippen molar-refractivity contribution in [1.82, 2.24) is 20.9 Å². The highest BCUT2D eigenvalue weighted by atomic mass is 16.5. The summed E-state index contributed by atoms with van der Waals surface area (Å²) in [5.41, 5.74) is 0. The predicted octanol–water partition coefficient (Wildman–Crippen LogP) is 1.50. The molecule has 0 spiro atoms. The Hall–Kier alpha value is -0.240.